The summed E-state index contributed by atoms with van der Waals surface area (Å²) in [6.45, 7) is 0. The average molecular weight is 142 g/mol. The zero-order chi connectivity index (χ0) is 6.10. The maximum atomic E-state index is 2.17. The van der Waals surface area contributed by atoms with Crippen molar-refractivity contribution in [3.8, 4) is 0 Å². The van der Waals surface area contributed by atoms with Crippen molar-refractivity contribution in [2.24, 2.45) is 5.92 Å². The van der Waals surface area contributed by atoms with Gasteiger partial charge in [-0.05, 0) is 18.8 Å². The number of hydrogen-bond donors (Lipinski definition) is 0. The van der Waals surface area contributed by atoms with Crippen LogP contribution in [0.25, 0.3) is 0 Å². The fourth-order valence-corrected chi connectivity index (χ4v) is 2.76. The van der Waals surface area contributed by atoms with E-state index in [2.05, 4.69) is 11.8 Å². The highest BCUT2D eigenvalue weighted by Crippen LogP contribution is 2.43. The topological polar surface area (TPSA) is 0 Å². The van der Waals surface area contributed by atoms with E-state index in [1.807, 2.05) is 0 Å². The van der Waals surface area contributed by atoms with Crippen LogP contribution in [0.15, 0.2) is 0 Å². The normalized spacial score (nSPS) is 36.7. The largest absolute Gasteiger partial charge is 0.156 e. The Balaban J connectivity index is 1.80. The number of thioether (sulfide) groups is 1. The van der Waals surface area contributed by atoms with Crippen LogP contribution in [0.1, 0.15) is 32.1 Å². The lowest BCUT2D eigenvalue weighted by Crippen LogP contribution is -2.10. The molecule has 1 aliphatic carbocycles. The molecule has 1 saturated heterocycles. The van der Waals surface area contributed by atoms with E-state index in [9.17, 15) is 0 Å². The van der Waals surface area contributed by atoms with E-state index in [4.69, 9.17) is 0 Å². The number of rotatable bonds is 1. The van der Waals surface area contributed by atoms with Crippen LogP contribution in [0.5, 0.6) is 0 Å². The second-order valence-corrected chi connectivity index (χ2v) is 4.54. The minimum absolute atomic E-state index is 1.10. The highest BCUT2D eigenvalue weighted by Gasteiger charge is 2.32. The molecule has 52 valence electrons. The molecule has 0 N–H and O–H groups in total. The van der Waals surface area contributed by atoms with E-state index in [1.165, 1.54) is 37.9 Å². The molecule has 0 aromatic heterocycles. The summed E-state index contributed by atoms with van der Waals surface area (Å²) in [5.74, 6) is 2.61. The van der Waals surface area contributed by atoms with Crippen molar-refractivity contribution in [1.82, 2.24) is 0 Å². The van der Waals surface area contributed by atoms with Crippen LogP contribution in [0.4, 0.5) is 0 Å². The molecule has 0 bridgehead atoms. The molecule has 0 radical (unpaired) electrons. The average Bonchev–Trinajstić information content (AvgIpc) is 2.71. The molecule has 2 aliphatic rings. The third kappa shape index (κ3) is 1.43. The first-order chi connectivity index (χ1) is 4.47. The maximum Gasteiger partial charge on any atom is 0.0166 e. The van der Waals surface area contributed by atoms with Gasteiger partial charge in [-0.15, -0.1) is 0 Å². The van der Waals surface area contributed by atoms with Gasteiger partial charge in [-0.25, -0.2) is 0 Å². The van der Waals surface area contributed by atoms with Crippen LogP contribution < -0.4 is 0 Å². The molecule has 2 fully saturated rings. The molecule has 2 rings (SSSR count). The third-order valence-electron chi connectivity index (χ3n) is 2.53. The molecule has 1 heterocycles. The highest BCUT2D eigenvalue weighted by atomic mass is 32.2. The maximum absolute atomic E-state index is 2.17. The standard InChI is InChI=1S/C8H14S/c1-2-4-7(5-3-1)8-6-9-8/h7-8H,1-6H2. The van der Waals surface area contributed by atoms with Gasteiger partial charge < -0.3 is 0 Å². The molecule has 0 nitrogen and oxygen atoms in total. The minimum Gasteiger partial charge on any atom is -0.156 e. The summed E-state index contributed by atoms with van der Waals surface area (Å²) in [7, 11) is 0. The Hall–Kier alpha value is 0.350. The van der Waals surface area contributed by atoms with Crippen LogP contribution >= 0.6 is 11.8 Å². The van der Waals surface area contributed by atoms with Gasteiger partial charge in [0.25, 0.3) is 0 Å². The van der Waals surface area contributed by atoms with Gasteiger partial charge in [-0.2, -0.15) is 11.8 Å². The van der Waals surface area contributed by atoms with E-state index in [0.29, 0.717) is 0 Å². The monoisotopic (exact) mass is 142 g/mol. The predicted molar refractivity (Wildman–Crippen MR) is 42.8 cm³/mol. The van der Waals surface area contributed by atoms with Gasteiger partial charge in [0, 0.05) is 11.0 Å². The van der Waals surface area contributed by atoms with Gasteiger partial charge in [0.15, 0.2) is 0 Å². The molecule has 1 aliphatic heterocycles. The van der Waals surface area contributed by atoms with Crippen LogP contribution in [0.2, 0.25) is 0 Å². The third-order valence-corrected chi connectivity index (χ3v) is 3.64. The molecule has 0 aromatic rings. The second kappa shape index (κ2) is 2.53. The first-order valence-electron chi connectivity index (χ1n) is 4.08. The SMILES string of the molecule is C1CCC(C2CS2)CC1. The Bertz CT molecular complexity index is 90.7. The lowest BCUT2D eigenvalue weighted by molar-refractivity contribution is 0.369. The van der Waals surface area contributed by atoms with E-state index in [1.54, 1.807) is 0 Å². The molecule has 1 heteroatoms. The highest BCUT2D eigenvalue weighted by molar-refractivity contribution is 8.06. The van der Waals surface area contributed by atoms with Crippen molar-refractivity contribution < 1.29 is 0 Å². The Morgan fingerprint density at radius 2 is 1.67 bits per heavy atom. The van der Waals surface area contributed by atoms with E-state index in [-0.39, 0.29) is 0 Å². The summed E-state index contributed by atoms with van der Waals surface area (Å²) in [6.07, 6.45) is 7.62. The fraction of sp³-hybridized carbons (Fsp3) is 1.00. The lowest BCUT2D eigenvalue weighted by Gasteiger charge is -2.19. The van der Waals surface area contributed by atoms with Crippen molar-refractivity contribution in [1.29, 1.82) is 0 Å². The van der Waals surface area contributed by atoms with Gasteiger partial charge >= 0.3 is 0 Å². The van der Waals surface area contributed by atoms with Crippen molar-refractivity contribution >= 4 is 11.8 Å². The second-order valence-electron chi connectivity index (χ2n) is 3.27. The first-order valence-corrected chi connectivity index (χ1v) is 5.13. The molecule has 0 amide bonds. The Morgan fingerprint density at radius 3 is 2.22 bits per heavy atom. The van der Waals surface area contributed by atoms with Crippen LogP contribution in [-0.2, 0) is 0 Å². The van der Waals surface area contributed by atoms with Crippen LogP contribution in [-0.4, -0.2) is 11.0 Å². The molecule has 0 aromatic carbocycles. The molecule has 1 saturated carbocycles. The predicted octanol–water partition coefficient (Wildman–Crippen LogP) is 2.68. The lowest BCUT2D eigenvalue weighted by atomic mass is 9.88. The minimum atomic E-state index is 1.10. The van der Waals surface area contributed by atoms with Crippen molar-refractivity contribution in [2.45, 2.75) is 37.4 Å². The Morgan fingerprint density at radius 1 is 1.00 bits per heavy atom. The fourth-order valence-electron chi connectivity index (χ4n) is 1.83. The van der Waals surface area contributed by atoms with Gasteiger partial charge in [0.05, 0.1) is 0 Å². The summed E-state index contributed by atoms with van der Waals surface area (Å²) in [4.78, 5) is 0. The van der Waals surface area contributed by atoms with Crippen LogP contribution in [0.3, 0.4) is 0 Å². The van der Waals surface area contributed by atoms with E-state index >= 15 is 0 Å². The van der Waals surface area contributed by atoms with Gasteiger partial charge in [-0.1, -0.05) is 19.3 Å². The van der Waals surface area contributed by atoms with Gasteiger partial charge in [0.1, 0.15) is 0 Å². The smallest absolute Gasteiger partial charge is 0.0166 e. The molecule has 1 unspecified atom stereocenters. The number of hydrogen-bond acceptors (Lipinski definition) is 1. The van der Waals surface area contributed by atoms with E-state index in [0.717, 1.165) is 11.2 Å². The Kier molecular flexibility index (Phi) is 1.71. The quantitative estimate of drug-likeness (QED) is 0.507. The molecule has 9 heavy (non-hydrogen) atoms. The summed E-state index contributed by atoms with van der Waals surface area (Å²) in [5, 5.41) is 1.10. The van der Waals surface area contributed by atoms with Crippen LogP contribution in [0, 0.1) is 5.92 Å². The molecule has 0 spiro atoms. The zero-order valence-electron chi connectivity index (χ0n) is 5.81. The summed E-state index contributed by atoms with van der Waals surface area (Å²) in [6, 6.07) is 0. The van der Waals surface area contributed by atoms with Crippen molar-refractivity contribution in [3.05, 3.63) is 0 Å². The van der Waals surface area contributed by atoms with E-state index < -0.39 is 0 Å². The van der Waals surface area contributed by atoms with Crippen molar-refractivity contribution in [3.63, 3.8) is 0 Å². The van der Waals surface area contributed by atoms with Gasteiger partial charge in [0.2, 0.25) is 0 Å². The summed E-state index contributed by atoms with van der Waals surface area (Å²) >= 11 is 2.17. The molecular formula is C8H14S. The van der Waals surface area contributed by atoms with Crippen molar-refractivity contribution in [2.75, 3.05) is 5.75 Å². The summed E-state index contributed by atoms with van der Waals surface area (Å²) in [5.41, 5.74) is 0. The Labute approximate surface area is 61.4 Å². The molecule has 1 atom stereocenters. The molecular weight excluding hydrogens is 128 g/mol. The summed E-state index contributed by atoms with van der Waals surface area (Å²) < 4.78 is 0. The van der Waals surface area contributed by atoms with Gasteiger partial charge in [-0.3, -0.25) is 0 Å². The zero-order valence-corrected chi connectivity index (χ0v) is 6.62. The first kappa shape index (κ1) is 6.09.